The van der Waals surface area contributed by atoms with Crippen molar-refractivity contribution in [2.45, 2.75) is 33.3 Å². The molecule has 0 aliphatic heterocycles. The number of methoxy groups -OCH3 is 1. The first kappa shape index (κ1) is 20.4. The quantitative estimate of drug-likeness (QED) is 0.661. The van der Waals surface area contributed by atoms with Crippen LogP contribution < -0.4 is 14.8 Å². The normalized spacial score (nSPS) is 11.3. The number of halogens is 2. The maximum atomic E-state index is 12.4. The van der Waals surface area contributed by atoms with Crippen LogP contribution in [0.15, 0.2) is 42.5 Å². The first-order valence-corrected chi connectivity index (χ1v) is 8.53. The van der Waals surface area contributed by atoms with Gasteiger partial charge in [0.2, 0.25) is 5.91 Å². The molecule has 0 aliphatic rings. The summed E-state index contributed by atoms with van der Waals surface area (Å²) in [6.45, 7) is 3.14. The molecule has 2 aromatic rings. The van der Waals surface area contributed by atoms with Gasteiger partial charge in [0.1, 0.15) is 0 Å². The fraction of sp³-hybridized carbons (Fsp3) is 0.286. The number of anilines is 1. The Bertz CT molecular complexity index is 832. The topological polar surface area (TPSA) is 47.6 Å². The summed E-state index contributed by atoms with van der Waals surface area (Å²) in [4.78, 5) is 12.3. The van der Waals surface area contributed by atoms with E-state index < -0.39 is 6.61 Å². The molecule has 0 heterocycles. The van der Waals surface area contributed by atoms with E-state index in [1.54, 1.807) is 12.1 Å². The maximum absolute atomic E-state index is 12.4. The van der Waals surface area contributed by atoms with Gasteiger partial charge in [-0.2, -0.15) is 8.78 Å². The van der Waals surface area contributed by atoms with Gasteiger partial charge in [0.25, 0.3) is 0 Å². The Morgan fingerprint density at radius 1 is 1.15 bits per heavy atom. The van der Waals surface area contributed by atoms with Crippen LogP contribution in [-0.4, -0.2) is 19.6 Å². The van der Waals surface area contributed by atoms with Gasteiger partial charge < -0.3 is 14.8 Å². The zero-order chi connectivity index (χ0) is 20.0. The van der Waals surface area contributed by atoms with Crippen LogP contribution in [-0.2, 0) is 4.79 Å². The third kappa shape index (κ3) is 5.54. The predicted molar refractivity (Wildman–Crippen MR) is 103 cm³/mol. The van der Waals surface area contributed by atoms with Crippen LogP contribution in [0.5, 0.6) is 11.5 Å². The summed E-state index contributed by atoms with van der Waals surface area (Å²) in [5.41, 5.74) is 3.47. The Morgan fingerprint density at radius 3 is 2.52 bits per heavy atom. The van der Waals surface area contributed by atoms with Gasteiger partial charge in [0.15, 0.2) is 11.5 Å². The number of alkyl halides is 2. The minimum absolute atomic E-state index is 0.0596. The molecule has 0 saturated carbocycles. The van der Waals surface area contributed by atoms with Crippen LogP contribution in [0.1, 0.15) is 36.5 Å². The highest BCUT2D eigenvalue weighted by molar-refractivity contribution is 6.02. The summed E-state index contributed by atoms with van der Waals surface area (Å²) in [5, 5.41) is 2.92. The number of amides is 1. The van der Waals surface area contributed by atoms with Crippen LogP contribution in [0.4, 0.5) is 14.5 Å². The highest BCUT2D eigenvalue weighted by Gasteiger charge is 2.12. The second kappa shape index (κ2) is 9.16. The van der Waals surface area contributed by atoms with Gasteiger partial charge in [-0.1, -0.05) is 38.1 Å². The van der Waals surface area contributed by atoms with Crippen molar-refractivity contribution in [1.29, 1.82) is 0 Å². The molecule has 0 unspecified atom stereocenters. The van der Waals surface area contributed by atoms with Gasteiger partial charge >= 0.3 is 6.61 Å². The van der Waals surface area contributed by atoms with Crippen LogP contribution in [0.25, 0.3) is 6.08 Å². The molecule has 0 saturated heterocycles. The Labute approximate surface area is 157 Å². The average molecular weight is 375 g/mol. The van der Waals surface area contributed by atoms with Crippen molar-refractivity contribution < 1.29 is 23.0 Å². The summed E-state index contributed by atoms with van der Waals surface area (Å²) in [5.74, 6) is 0.100. The Hall–Kier alpha value is -2.89. The molecule has 0 fully saturated rings. The van der Waals surface area contributed by atoms with E-state index >= 15 is 0 Å². The van der Waals surface area contributed by atoms with Gasteiger partial charge in [-0.3, -0.25) is 4.79 Å². The van der Waals surface area contributed by atoms with Crippen LogP contribution >= 0.6 is 0 Å². The zero-order valence-corrected chi connectivity index (χ0v) is 15.8. The fourth-order valence-corrected chi connectivity index (χ4v) is 2.66. The molecule has 0 aliphatic carbocycles. The smallest absolute Gasteiger partial charge is 0.387 e. The second-order valence-electron chi connectivity index (χ2n) is 6.31. The van der Waals surface area contributed by atoms with Gasteiger partial charge in [-0.25, -0.2) is 0 Å². The van der Waals surface area contributed by atoms with Crippen LogP contribution in [0, 0.1) is 6.92 Å². The number of benzene rings is 2. The number of hydrogen-bond donors (Lipinski definition) is 1. The minimum atomic E-state index is -2.93. The fourth-order valence-electron chi connectivity index (χ4n) is 2.66. The SMILES string of the molecule is COc1cc(/C=C/C(=O)Nc2c(C)cccc2C(C)C)ccc1OC(F)F. The molecule has 0 bridgehead atoms. The molecule has 2 aromatic carbocycles. The highest BCUT2D eigenvalue weighted by atomic mass is 19.3. The lowest BCUT2D eigenvalue weighted by molar-refractivity contribution is -0.111. The van der Waals surface area contributed by atoms with Gasteiger partial charge in [0, 0.05) is 11.8 Å². The standard InChI is InChI=1S/C21H23F2NO3/c1-13(2)16-7-5-6-14(3)20(16)24-19(25)11-9-15-8-10-17(27-21(22)23)18(12-15)26-4/h5-13,21H,1-4H3,(H,24,25)/b11-9+. The Balaban J connectivity index is 2.16. The second-order valence-corrected chi connectivity index (χ2v) is 6.31. The Kier molecular flexibility index (Phi) is 6.93. The molecule has 0 spiro atoms. The molecule has 144 valence electrons. The zero-order valence-electron chi connectivity index (χ0n) is 15.8. The summed E-state index contributed by atoms with van der Waals surface area (Å²) < 4.78 is 34.2. The number of carbonyl (C=O) groups is 1. The van der Waals surface area contributed by atoms with Gasteiger partial charge in [0.05, 0.1) is 7.11 Å². The lowest BCUT2D eigenvalue weighted by atomic mass is 9.98. The summed E-state index contributed by atoms with van der Waals surface area (Å²) >= 11 is 0. The van der Waals surface area contributed by atoms with Crippen molar-refractivity contribution in [2.75, 3.05) is 12.4 Å². The highest BCUT2D eigenvalue weighted by Crippen LogP contribution is 2.30. The molecular formula is C21H23F2NO3. The monoisotopic (exact) mass is 375 g/mol. The maximum Gasteiger partial charge on any atom is 0.387 e. The van der Waals surface area contributed by atoms with E-state index in [9.17, 15) is 13.6 Å². The van der Waals surface area contributed by atoms with E-state index in [0.717, 1.165) is 16.8 Å². The van der Waals surface area contributed by atoms with E-state index in [1.165, 1.54) is 25.3 Å². The van der Waals surface area contributed by atoms with Gasteiger partial charge in [-0.05, 0) is 47.7 Å². The molecule has 0 radical (unpaired) electrons. The van der Waals surface area contributed by atoms with E-state index in [4.69, 9.17) is 4.74 Å². The molecule has 4 nitrogen and oxygen atoms in total. The number of carbonyl (C=O) groups excluding carboxylic acids is 1. The van der Waals surface area contributed by atoms with Crippen molar-refractivity contribution in [3.8, 4) is 11.5 Å². The van der Waals surface area contributed by atoms with Crippen LogP contribution in [0.2, 0.25) is 0 Å². The third-order valence-electron chi connectivity index (χ3n) is 4.01. The molecule has 0 aromatic heterocycles. The summed E-state index contributed by atoms with van der Waals surface area (Å²) in [6.07, 6.45) is 2.97. The lowest BCUT2D eigenvalue weighted by Gasteiger charge is -2.15. The average Bonchev–Trinajstić information content (AvgIpc) is 2.61. The van der Waals surface area contributed by atoms with E-state index in [-0.39, 0.29) is 23.3 Å². The third-order valence-corrected chi connectivity index (χ3v) is 4.01. The number of rotatable bonds is 7. The number of nitrogens with one attached hydrogen (secondary N) is 1. The summed E-state index contributed by atoms with van der Waals surface area (Å²) in [6, 6.07) is 10.4. The van der Waals surface area contributed by atoms with Crippen molar-refractivity contribution >= 4 is 17.7 Å². The molecule has 1 N–H and O–H groups in total. The first-order valence-electron chi connectivity index (χ1n) is 8.53. The summed E-state index contributed by atoms with van der Waals surface area (Å²) in [7, 11) is 1.36. The first-order chi connectivity index (χ1) is 12.8. The van der Waals surface area contributed by atoms with E-state index in [2.05, 4.69) is 23.9 Å². The molecule has 0 atom stereocenters. The van der Waals surface area contributed by atoms with Crippen LogP contribution in [0.3, 0.4) is 0 Å². The molecule has 2 rings (SSSR count). The number of ether oxygens (including phenoxy) is 2. The van der Waals surface area contributed by atoms with Crippen molar-refractivity contribution in [2.24, 2.45) is 0 Å². The van der Waals surface area contributed by atoms with Crippen molar-refractivity contribution in [3.63, 3.8) is 0 Å². The number of para-hydroxylation sites is 1. The number of aryl methyl sites for hydroxylation is 1. The molecule has 6 heteroatoms. The van der Waals surface area contributed by atoms with E-state index in [1.807, 2.05) is 25.1 Å². The minimum Gasteiger partial charge on any atom is -0.493 e. The largest absolute Gasteiger partial charge is 0.493 e. The van der Waals surface area contributed by atoms with Crippen molar-refractivity contribution in [3.05, 3.63) is 59.2 Å². The Morgan fingerprint density at radius 2 is 1.89 bits per heavy atom. The van der Waals surface area contributed by atoms with E-state index in [0.29, 0.717) is 5.56 Å². The molecular weight excluding hydrogens is 352 g/mol. The predicted octanol–water partition coefficient (Wildman–Crippen LogP) is 5.38. The van der Waals surface area contributed by atoms with Gasteiger partial charge in [-0.15, -0.1) is 0 Å². The van der Waals surface area contributed by atoms with Crippen molar-refractivity contribution in [1.82, 2.24) is 0 Å². The molecule has 27 heavy (non-hydrogen) atoms. The molecule has 1 amide bonds. The lowest BCUT2D eigenvalue weighted by Crippen LogP contribution is -2.11. The number of hydrogen-bond acceptors (Lipinski definition) is 3.